The van der Waals surface area contributed by atoms with Crippen LogP contribution in [0.3, 0.4) is 0 Å². The summed E-state index contributed by atoms with van der Waals surface area (Å²) in [7, 11) is 0. The molecule has 0 heterocycles. The molecule has 0 unspecified atom stereocenters. The van der Waals surface area contributed by atoms with E-state index in [9.17, 15) is 0 Å². The second kappa shape index (κ2) is 1450. The van der Waals surface area contributed by atoms with E-state index in [1.807, 2.05) is 55.4 Å². The molecule has 0 nitrogen and oxygen atoms in total. The van der Waals surface area contributed by atoms with Crippen molar-refractivity contribution in [1.29, 1.82) is 0 Å². The summed E-state index contributed by atoms with van der Waals surface area (Å²) in [6, 6.07) is 0. The van der Waals surface area contributed by atoms with Crippen LogP contribution in [-0.2, 0) is 0 Å². The van der Waals surface area contributed by atoms with Gasteiger partial charge in [0.1, 0.15) is 0 Å². The fraction of sp³-hybridized carbons (Fsp3) is 1.00. The van der Waals surface area contributed by atoms with Crippen molar-refractivity contribution in [3.63, 3.8) is 0 Å². The second-order valence-electron chi connectivity index (χ2n) is 0.707. The Kier molecular flexibility index (Phi) is 5810. The van der Waals surface area contributed by atoms with Crippen LogP contribution in [-0.4, -0.2) is 0 Å². The summed E-state index contributed by atoms with van der Waals surface area (Å²) in [6.45, 7) is 20.2. The summed E-state index contributed by atoms with van der Waals surface area (Å²) >= 11 is 0. The first-order valence-corrected chi connectivity index (χ1v) is 5.41. The fourth-order valence-electron chi connectivity index (χ4n) is 0. The van der Waals surface area contributed by atoms with Crippen molar-refractivity contribution in [3.8, 4) is 0 Å². The Morgan fingerprint density at radius 2 is 0.462 bits per heavy atom. The van der Waals surface area contributed by atoms with Gasteiger partial charge in [0.25, 0.3) is 0 Å². The Balaban J connectivity index is -0.00000000676. The highest BCUT2D eigenvalue weighted by Crippen LogP contribution is 1.56. The molecule has 0 saturated carbocycles. The average molecular weight is 196 g/mol. The van der Waals surface area contributed by atoms with Crippen LogP contribution in [0.1, 0.15) is 90.5 Å². The average Bonchev–Trinajstić information content (AvgIpc) is 2.18. The van der Waals surface area contributed by atoms with Crippen molar-refractivity contribution < 1.29 is 0 Å². The van der Waals surface area contributed by atoms with E-state index in [1.54, 1.807) is 0 Å². The monoisotopic (exact) mass is 196 g/mol. The maximum absolute atomic E-state index is 2.12. The van der Waals surface area contributed by atoms with Crippen LogP contribution in [0.25, 0.3) is 0 Å². The topological polar surface area (TPSA) is 0 Å². The molecule has 0 aliphatic carbocycles. The van der Waals surface area contributed by atoms with Gasteiger partial charge >= 0.3 is 0 Å². The van der Waals surface area contributed by atoms with E-state index in [-0.39, 0.29) is 14.9 Å². The SMILES string of the molecule is C.C.CC.CC.CC.CC.CCC. The van der Waals surface area contributed by atoms with Gasteiger partial charge in [0, 0.05) is 0 Å². The highest BCUT2D eigenvalue weighted by Gasteiger charge is 1.35. The third-order valence-corrected chi connectivity index (χ3v) is 0. The minimum Gasteiger partial charge on any atom is -0.0776 e. The fourth-order valence-corrected chi connectivity index (χ4v) is 0. The Labute approximate surface area is 91.2 Å². The molecule has 0 aromatic rings. The van der Waals surface area contributed by atoms with Gasteiger partial charge < -0.3 is 0 Å². The van der Waals surface area contributed by atoms with Crippen LogP contribution in [0, 0.1) is 0 Å². The first kappa shape index (κ1) is 52.0. The van der Waals surface area contributed by atoms with Gasteiger partial charge in [0.15, 0.2) is 0 Å². The Morgan fingerprint density at radius 3 is 0.462 bits per heavy atom. The van der Waals surface area contributed by atoms with Crippen LogP contribution in [0.2, 0.25) is 0 Å². The Bertz CT molecular complexity index is 0. The van der Waals surface area contributed by atoms with Crippen LogP contribution in [0.4, 0.5) is 0 Å². The van der Waals surface area contributed by atoms with E-state index in [0.717, 1.165) is 0 Å². The lowest BCUT2D eigenvalue weighted by Crippen LogP contribution is -1.27. The van der Waals surface area contributed by atoms with Crippen LogP contribution < -0.4 is 0 Å². The predicted octanol–water partition coefficient (Wildman–Crippen LogP) is 6.79. The molecule has 0 heteroatoms. The molecule has 0 saturated heterocycles. The molecule has 0 aliphatic rings. The molecule has 0 radical (unpaired) electrons. The van der Waals surface area contributed by atoms with Crippen molar-refractivity contribution in [3.05, 3.63) is 0 Å². The molecule has 0 amide bonds. The maximum atomic E-state index is 2.12. The molecule has 0 aromatic heterocycles. The third kappa shape index (κ3) is 0. The lowest BCUT2D eigenvalue weighted by atomic mass is 10.6. The van der Waals surface area contributed by atoms with Gasteiger partial charge in [-0.2, -0.15) is 0 Å². The van der Waals surface area contributed by atoms with Crippen molar-refractivity contribution >= 4 is 0 Å². The van der Waals surface area contributed by atoms with E-state index < -0.39 is 0 Å². The maximum Gasteiger partial charge on any atom is -0.0590 e. The quantitative estimate of drug-likeness (QED) is 0.400. The first-order chi connectivity index (χ1) is 5.41. The lowest BCUT2D eigenvalue weighted by Gasteiger charge is -1.48. The minimum atomic E-state index is 0. The molecular formula is C13H40. The smallest absolute Gasteiger partial charge is 0.0590 e. The van der Waals surface area contributed by atoms with Gasteiger partial charge in [-0.3, -0.25) is 0 Å². The molecule has 0 N–H and O–H groups in total. The zero-order valence-corrected chi connectivity index (χ0v) is 10.7. The van der Waals surface area contributed by atoms with Crippen LogP contribution in [0.5, 0.6) is 0 Å². The van der Waals surface area contributed by atoms with Crippen molar-refractivity contribution in [2.75, 3.05) is 0 Å². The predicted molar refractivity (Wildman–Crippen MR) is 74.8 cm³/mol. The summed E-state index contributed by atoms with van der Waals surface area (Å²) in [6.07, 6.45) is 1.25. The van der Waals surface area contributed by atoms with Gasteiger partial charge in [-0.1, -0.05) is 90.5 Å². The zero-order chi connectivity index (χ0) is 10.7. The largest absolute Gasteiger partial charge is 0.0776 e. The van der Waals surface area contributed by atoms with E-state index in [2.05, 4.69) is 13.8 Å². The Morgan fingerprint density at radius 1 is 0.462 bits per heavy atom. The van der Waals surface area contributed by atoms with Gasteiger partial charge in [0.2, 0.25) is 0 Å². The standard InChI is InChI=1S/C3H8.4C2H6.2CH4/c1-3-2;4*1-2;;/h3H2,1-2H3;4*1-2H3;2*1H4. The van der Waals surface area contributed by atoms with Gasteiger partial charge in [-0.05, 0) is 0 Å². The van der Waals surface area contributed by atoms with Gasteiger partial charge in [-0.15, -0.1) is 0 Å². The molecular weight excluding hydrogens is 156 g/mol. The van der Waals surface area contributed by atoms with Crippen LogP contribution >= 0.6 is 0 Å². The van der Waals surface area contributed by atoms with E-state index in [4.69, 9.17) is 0 Å². The number of hydrogen-bond acceptors (Lipinski definition) is 0. The highest BCUT2D eigenvalue weighted by molar-refractivity contribution is 3.92. The Hall–Kier alpha value is 0. The zero-order valence-electron chi connectivity index (χ0n) is 10.7. The number of rotatable bonds is 0. The first-order valence-electron chi connectivity index (χ1n) is 5.41. The molecule has 0 bridgehead atoms. The molecule has 0 rings (SSSR count). The molecule has 0 aliphatic heterocycles. The molecule has 0 aromatic carbocycles. The second-order valence-corrected chi connectivity index (χ2v) is 0.707. The van der Waals surface area contributed by atoms with Crippen molar-refractivity contribution in [1.82, 2.24) is 0 Å². The van der Waals surface area contributed by atoms with Crippen molar-refractivity contribution in [2.45, 2.75) is 90.5 Å². The van der Waals surface area contributed by atoms with Crippen LogP contribution in [0.15, 0.2) is 0 Å². The molecule has 13 heavy (non-hydrogen) atoms. The lowest BCUT2D eigenvalue weighted by molar-refractivity contribution is 1.09. The molecule has 92 valence electrons. The highest BCUT2D eigenvalue weighted by atomic mass is 13.4. The number of hydrogen-bond donors (Lipinski definition) is 0. The third-order valence-electron chi connectivity index (χ3n) is 0. The normalized spacial score (nSPS) is 3.23. The van der Waals surface area contributed by atoms with Gasteiger partial charge in [0.05, 0.1) is 0 Å². The molecule has 0 atom stereocenters. The van der Waals surface area contributed by atoms with E-state index in [0.29, 0.717) is 0 Å². The summed E-state index contributed by atoms with van der Waals surface area (Å²) < 4.78 is 0. The molecule has 0 spiro atoms. The van der Waals surface area contributed by atoms with Gasteiger partial charge in [-0.25, -0.2) is 0 Å². The minimum absolute atomic E-state index is 0. The van der Waals surface area contributed by atoms with E-state index in [1.165, 1.54) is 6.42 Å². The summed E-state index contributed by atoms with van der Waals surface area (Å²) in [4.78, 5) is 0. The summed E-state index contributed by atoms with van der Waals surface area (Å²) in [5.74, 6) is 0. The van der Waals surface area contributed by atoms with E-state index >= 15 is 0 Å². The van der Waals surface area contributed by atoms with Crippen molar-refractivity contribution in [2.24, 2.45) is 0 Å². The molecule has 0 fully saturated rings. The summed E-state index contributed by atoms with van der Waals surface area (Å²) in [5.41, 5.74) is 0. The summed E-state index contributed by atoms with van der Waals surface area (Å²) in [5, 5.41) is 0.